The Morgan fingerprint density at radius 2 is 1.20 bits per heavy atom. The van der Waals surface area contributed by atoms with E-state index in [1.54, 1.807) is 6.92 Å². The summed E-state index contributed by atoms with van der Waals surface area (Å²) in [4.78, 5) is 31.3. The number of rotatable bonds is 14. The lowest BCUT2D eigenvalue weighted by Crippen LogP contribution is -2.05. The van der Waals surface area contributed by atoms with Crippen molar-refractivity contribution in [3.05, 3.63) is 92.1 Å². The molecule has 0 saturated heterocycles. The SMILES string of the molecule is C=C(C)C(=O)OCCCC.C=C(C)CC(C)(C)C.C=CC(=O)OCCCC.C=CC(=O)OCCCO.C=Cc1ccccc1. The lowest BCUT2D eigenvalue weighted by molar-refractivity contribution is -0.139. The van der Waals surface area contributed by atoms with Crippen molar-refractivity contribution in [2.75, 3.05) is 26.4 Å². The van der Waals surface area contributed by atoms with Gasteiger partial charge in [-0.25, -0.2) is 14.4 Å². The third-order valence-electron chi connectivity index (χ3n) is 4.57. The van der Waals surface area contributed by atoms with Gasteiger partial charge in [-0.05, 0) is 44.1 Å². The summed E-state index contributed by atoms with van der Waals surface area (Å²) < 4.78 is 14.0. The maximum absolute atomic E-state index is 10.7. The molecule has 0 amide bonds. The molecule has 44 heavy (non-hydrogen) atoms. The molecule has 1 rings (SSSR count). The summed E-state index contributed by atoms with van der Waals surface area (Å²) in [5.74, 6) is -1.06. The highest BCUT2D eigenvalue weighted by Crippen LogP contribution is 2.22. The Morgan fingerprint density at radius 1 is 0.773 bits per heavy atom. The molecule has 0 fully saturated rings. The van der Waals surface area contributed by atoms with Gasteiger partial charge in [0.15, 0.2) is 0 Å². The molecule has 7 heteroatoms. The second-order valence-electron chi connectivity index (χ2n) is 10.8. The molecule has 7 nitrogen and oxygen atoms in total. The molecule has 0 unspecified atom stereocenters. The van der Waals surface area contributed by atoms with E-state index in [1.165, 1.54) is 17.2 Å². The van der Waals surface area contributed by atoms with Crippen molar-refractivity contribution in [2.45, 2.75) is 87.0 Å². The van der Waals surface area contributed by atoms with Gasteiger partial charge in [0.05, 0.1) is 19.8 Å². The first kappa shape index (κ1) is 47.2. The van der Waals surface area contributed by atoms with E-state index in [9.17, 15) is 14.4 Å². The van der Waals surface area contributed by atoms with Gasteiger partial charge in [0, 0.05) is 30.8 Å². The number of carbonyl (C=O) groups excluding carboxylic acids is 3. The average molecular weight is 617 g/mol. The molecule has 1 aromatic carbocycles. The summed E-state index contributed by atoms with van der Waals surface area (Å²) in [7, 11) is 0. The number of aliphatic hydroxyl groups excluding tert-OH is 1. The Morgan fingerprint density at radius 3 is 1.48 bits per heavy atom. The first-order chi connectivity index (χ1) is 20.6. The summed E-state index contributed by atoms with van der Waals surface area (Å²) in [5.41, 5.74) is 3.34. The van der Waals surface area contributed by atoms with Crippen LogP contribution in [0.2, 0.25) is 0 Å². The minimum absolute atomic E-state index is 0.0461. The molecular weight excluding hydrogens is 556 g/mol. The average Bonchev–Trinajstić information content (AvgIpc) is 2.97. The summed E-state index contributed by atoms with van der Waals surface area (Å²) in [5, 5.41) is 8.23. The van der Waals surface area contributed by atoms with Crippen molar-refractivity contribution in [1.29, 1.82) is 0 Å². The smallest absolute Gasteiger partial charge is 0.333 e. The summed E-state index contributed by atoms with van der Waals surface area (Å²) in [6.45, 7) is 33.2. The van der Waals surface area contributed by atoms with Crippen LogP contribution in [0.15, 0.2) is 86.5 Å². The van der Waals surface area contributed by atoms with E-state index in [-0.39, 0.29) is 25.2 Å². The van der Waals surface area contributed by atoms with E-state index in [0.29, 0.717) is 30.6 Å². The fraction of sp³-hybridized carbons (Fsp3) is 0.486. The van der Waals surface area contributed by atoms with Crippen LogP contribution in [0.25, 0.3) is 6.08 Å². The van der Waals surface area contributed by atoms with Crippen LogP contribution in [0.4, 0.5) is 0 Å². The van der Waals surface area contributed by atoms with Gasteiger partial charge in [-0.15, -0.1) is 6.58 Å². The molecule has 0 radical (unpaired) electrons. The molecule has 0 aliphatic heterocycles. The Labute approximate surface area is 268 Å². The molecule has 0 heterocycles. The van der Waals surface area contributed by atoms with Gasteiger partial charge < -0.3 is 19.3 Å². The van der Waals surface area contributed by atoms with Gasteiger partial charge >= 0.3 is 17.9 Å². The van der Waals surface area contributed by atoms with Crippen LogP contribution >= 0.6 is 0 Å². The number of ether oxygens (including phenoxy) is 3. The van der Waals surface area contributed by atoms with Gasteiger partial charge in [0.25, 0.3) is 0 Å². The van der Waals surface area contributed by atoms with E-state index < -0.39 is 5.97 Å². The highest BCUT2D eigenvalue weighted by Gasteiger charge is 2.08. The minimum atomic E-state index is -0.441. The quantitative estimate of drug-likeness (QED) is 0.0733. The monoisotopic (exact) mass is 616 g/mol. The number of esters is 3. The third kappa shape index (κ3) is 45.3. The highest BCUT2D eigenvalue weighted by molar-refractivity contribution is 5.86. The summed E-state index contributed by atoms with van der Waals surface area (Å²) in [6, 6.07) is 10.0. The van der Waals surface area contributed by atoms with Crippen LogP contribution < -0.4 is 0 Å². The molecule has 0 aromatic heterocycles. The Balaban J connectivity index is -0.000000228. The van der Waals surface area contributed by atoms with E-state index in [0.717, 1.165) is 38.2 Å². The highest BCUT2D eigenvalue weighted by atomic mass is 16.5. The fourth-order valence-corrected chi connectivity index (χ4v) is 2.60. The zero-order chi connectivity index (χ0) is 34.8. The number of carbonyl (C=O) groups is 3. The largest absolute Gasteiger partial charge is 0.463 e. The first-order valence-corrected chi connectivity index (χ1v) is 15.0. The van der Waals surface area contributed by atoms with Crippen molar-refractivity contribution in [1.82, 2.24) is 0 Å². The molecule has 0 atom stereocenters. The van der Waals surface area contributed by atoms with E-state index in [4.69, 9.17) is 9.84 Å². The van der Waals surface area contributed by atoms with Crippen molar-refractivity contribution in [2.24, 2.45) is 5.41 Å². The lowest BCUT2D eigenvalue weighted by Gasteiger charge is -2.17. The molecule has 250 valence electrons. The molecule has 0 aliphatic rings. The summed E-state index contributed by atoms with van der Waals surface area (Å²) in [6.07, 6.45) is 9.67. The first-order valence-electron chi connectivity index (χ1n) is 15.0. The van der Waals surface area contributed by atoms with Gasteiger partial charge in [-0.3, -0.25) is 0 Å². The molecule has 0 aliphatic carbocycles. The Bertz CT molecular complexity index is 899. The van der Waals surface area contributed by atoms with E-state index in [2.05, 4.69) is 77.0 Å². The van der Waals surface area contributed by atoms with Crippen LogP contribution in [-0.2, 0) is 28.6 Å². The number of allylic oxidation sites excluding steroid dienone is 1. The second kappa shape index (κ2) is 33.8. The van der Waals surface area contributed by atoms with Crippen LogP contribution in [0, 0.1) is 5.41 Å². The van der Waals surface area contributed by atoms with E-state index >= 15 is 0 Å². The standard InChI is InChI=1S/C8H14O2.C8H8.C8H16.C7H12O2.C6H10O3/c1-4-5-6-10-8(9)7(2)3;1-2-8-6-4-3-5-7-8;1-7(2)6-8(3,4)5;1-3-5-6-9-7(8)4-2;1-2-6(8)9-5-3-4-7/h2,4-6H2,1,3H3;2-7H,1H2;1,6H2,2-5H3;4H,2-3,5-6H2,1H3;2,7H,1,3-5H2. The maximum Gasteiger partial charge on any atom is 0.333 e. The number of hydrogen-bond donors (Lipinski definition) is 1. The molecule has 1 aromatic rings. The zero-order valence-electron chi connectivity index (χ0n) is 28.6. The third-order valence-corrected chi connectivity index (χ3v) is 4.57. The molecular formula is C37H60O7. The van der Waals surface area contributed by atoms with E-state index in [1.807, 2.05) is 43.3 Å². The lowest BCUT2D eigenvalue weighted by atomic mass is 9.89. The second-order valence-corrected chi connectivity index (χ2v) is 10.8. The maximum atomic E-state index is 10.7. The molecule has 0 saturated carbocycles. The number of unbranched alkanes of at least 4 members (excludes halogenated alkanes) is 2. The predicted octanol–water partition coefficient (Wildman–Crippen LogP) is 8.85. The fourth-order valence-electron chi connectivity index (χ4n) is 2.60. The van der Waals surface area contributed by atoms with Crippen molar-refractivity contribution in [3.8, 4) is 0 Å². The van der Waals surface area contributed by atoms with Crippen LogP contribution in [0.3, 0.4) is 0 Å². The summed E-state index contributed by atoms with van der Waals surface area (Å²) >= 11 is 0. The zero-order valence-corrected chi connectivity index (χ0v) is 28.6. The minimum Gasteiger partial charge on any atom is -0.463 e. The van der Waals surface area contributed by atoms with Crippen molar-refractivity contribution >= 4 is 24.0 Å². The molecule has 0 bridgehead atoms. The van der Waals surface area contributed by atoms with Gasteiger partial charge in [0.1, 0.15) is 0 Å². The van der Waals surface area contributed by atoms with Crippen LogP contribution in [0.5, 0.6) is 0 Å². The van der Waals surface area contributed by atoms with Crippen LogP contribution in [-0.4, -0.2) is 49.4 Å². The van der Waals surface area contributed by atoms with Crippen LogP contribution in [0.1, 0.15) is 92.6 Å². The van der Waals surface area contributed by atoms with Gasteiger partial charge in [0.2, 0.25) is 0 Å². The Kier molecular flexibility index (Phi) is 36.3. The van der Waals surface area contributed by atoms with Gasteiger partial charge in [-0.2, -0.15) is 0 Å². The molecule has 1 N–H and O–H groups in total. The topological polar surface area (TPSA) is 99.1 Å². The van der Waals surface area contributed by atoms with Crippen molar-refractivity contribution < 1.29 is 33.7 Å². The number of benzene rings is 1. The Hall–Kier alpha value is -3.71. The normalized spacial score (nSPS) is 9.18. The van der Waals surface area contributed by atoms with Gasteiger partial charge in [-0.1, -0.05) is 116 Å². The number of hydrogen-bond acceptors (Lipinski definition) is 7. The molecule has 0 spiro atoms. The number of aliphatic hydroxyl groups is 1. The predicted molar refractivity (Wildman–Crippen MR) is 185 cm³/mol. The van der Waals surface area contributed by atoms with Crippen molar-refractivity contribution in [3.63, 3.8) is 0 Å².